The second-order valence-corrected chi connectivity index (χ2v) is 7.84. The van der Waals surface area contributed by atoms with Crippen LogP contribution in [-0.4, -0.2) is 33.0 Å². The molecule has 30 heavy (non-hydrogen) atoms. The van der Waals surface area contributed by atoms with Crippen molar-refractivity contribution in [1.82, 2.24) is 19.9 Å². The SMILES string of the molecule is Cc1nc(-c2ccc(NCc3ccc(N4CCCCCC4)nc3)nc2)[nH]c(=O)c1C. The lowest BCUT2D eigenvalue weighted by Gasteiger charge is -2.21. The third-order valence-electron chi connectivity index (χ3n) is 5.64. The number of pyridine rings is 2. The van der Waals surface area contributed by atoms with Gasteiger partial charge in [0.15, 0.2) is 0 Å². The monoisotopic (exact) mass is 404 g/mol. The number of nitrogens with one attached hydrogen (secondary N) is 2. The standard InChI is InChI=1S/C23H28N6O/c1-16-17(2)27-22(28-23(16)30)19-8-9-20(25-15-19)24-13-18-7-10-21(26-14-18)29-11-5-3-4-6-12-29/h7-10,14-15H,3-6,11-13H2,1-2H3,(H,24,25)(H,27,28,30). The minimum Gasteiger partial charge on any atom is -0.366 e. The molecule has 1 aliphatic rings. The van der Waals surface area contributed by atoms with Crippen molar-refractivity contribution in [1.29, 1.82) is 0 Å². The quantitative estimate of drug-likeness (QED) is 0.672. The molecule has 0 unspecified atom stereocenters. The maximum Gasteiger partial charge on any atom is 0.254 e. The molecule has 0 bridgehead atoms. The first-order chi connectivity index (χ1) is 14.6. The highest BCUT2D eigenvalue weighted by Gasteiger charge is 2.11. The molecule has 1 aliphatic heterocycles. The van der Waals surface area contributed by atoms with E-state index in [1.54, 1.807) is 13.1 Å². The van der Waals surface area contributed by atoms with Crippen LogP contribution in [0.25, 0.3) is 11.4 Å². The van der Waals surface area contributed by atoms with Gasteiger partial charge in [0.2, 0.25) is 0 Å². The molecule has 3 aromatic heterocycles. The van der Waals surface area contributed by atoms with E-state index in [2.05, 4.69) is 42.3 Å². The van der Waals surface area contributed by atoms with E-state index in [0.29, 0.717) is 17.9 Å². The Kier molecular flexibility index (Phi) is 6.07. The van der Waals surface area contributed by atoms with Gasteiger partial charge in [-0.3, -0.25) is 4.79 Å². The Morgan fingerprint density at radius 2 is 1.80 bits per heavy atom. The van der Waals surface area contributed by atoms with Crippen molar-refractivity contribution in [3.63, 3.8) is 0 Å². The van der Waals surface area contributed by atoms with Crippen molar-refractivity contribution in [2.24, 2.45) is 0 Å². The maximum atomic E-state index is 12.0. The molecule has 0 saturated carbocycles. The summed E-state index contributed by atoms with van der Waals surface area (Å²) in [4.78, 5) is 30.7. The Morgan fingerprint density at radius 3 is 2.43 bits per heavy atom. The van der Waals surface area contributed by atoms with Crippen molar-refractivity contribution < 1.29 is 0 Å². The van der Waals surface area contributed by atoms with E-state index in [9.17, 15) is 4.79 Å². The Morgan fingerprint density at radius 1 is 1.00 bits per heavy atom. The number of hydrogen-bond acceptors (Lipinski definition) is 6. The molecular weight excluding hydrogens is 376 g/mol. The van der Waals surface area contributed by atoms with Crippen molar-refractivity contribution in [3.05, 3.63) is 63.8 Å². The topological polar surface area (TPSA) is 86.8 Å². The number of aromatic amines is 1. The molecule has 0 aromatic carbocycles. The second kappa shape index (κ2) is 9.07. The third kappa shape index (κ3) is 4.67. The summed E-state index contributed by atoms with van der Waals surface area (Å²) in [6.45, 7) is 6.45. The maximum absolute atomic E-state index is 12.0. The van der Waals surface area contributed by atoms with Crippen LogP contribution in [0.4, 0.5) is 11.6 Å². The summed E-state index contributed by atoms with van der Waals surface area (Å²) in [5.41, 5.74) is 3.15. The molecule has 0 atom stereocenters. The number of rotatable bonds is 5. The van der Waals surface area contributed by atoms with Gasteiger partial charge >= 0.3 is 0 Å². The fourth-order valence-corrected chi connectivity index (χ4v) is 3.62. The molecule has 0 aliphatic carbocycles. The predicted molar refractivity (Wildman–Crippen MR) is 120 cm³/mol. The summed E-state index contributed by atoms with van der Waals surface area (Å²) in [5.74, 6) is 2.37. The van der Waals surface area contributed by atoms with Gasteiger partial charge < -0.3 is 15.2 Å². The van der Waals surface area contributed by atoms with Crippen LogP contribution in [0.15, 0.2) is 41.5 Å². The first-order valence-electron chi connectivity index (χ1n) is 10.6. The summed E-state index contributed by atoms with van der Waals surface area (Å²) in [5, 5.41) is 3.32. The number of hydrogen-bond donors (Lipinski definition) is 2. The van der Waals surface area contributed by atoms with E-state index >= 15 is 0 Å². The second-order valence-electron chi connectivity index (χ2n) is 7.84. The van der Waals surface area contributed by atoms with Crippen LogP contribution in [0.1, 0.15) is 42.5 Å². The van der Waals surface area contributed by atoms with Gasteiger partial charge in [0.1, 0.15) is 17.5 Å². The van der Waals surface area contributed by atoms with Crippen molar-refractivity contribution in [3.8, 4) is 11.4 Å². The highest BCUT2D eigenvalue weighted by molar-refractivity contribution is 5.56. The smallest absolute Gasteiger partial charge is 0.254 e. The molecule has 1 saturated heterocycles. The predicted octanol–water partition coefficient (Wildman–Crippen LogP) is 3.84. The van der Waals surface area contributed by atoms with E-state index < -0.39 is 0 Å². The molecule has 1 fully saturated rings. The van der Waals surface area contributed by atoms with Gasteiger partial charge in [0.25, 0.3) is 5.56 Å². The fraction of sp³-hybridized carbons (Fsp3) is 0.391. The van der Waals surface area contributed by atoms with Gasteiger partial charge in [0, 0.05) is 48.8 Å². The first-order valence-corrected chi connectivity index (χ1v) is 10.6. The minimum absolute atomic E-state index is 0.115. The summed E-state index contributed by atoms with van der Waals surface area (Å²) in [7, 11) is 0. The largest absolute Gasteiger partial charge is 0.366 e. The molecule has 0 spiro atoms. The minimum atomic E-state index is -0.115. The fourth-order valence-electron chi connectivity index (χ4n) is 3.62. The molecule has 7 heteroatoms. The molecule has 2 N–H and O–H groups in total. The highest BCUT2D eigenvalue weighted by Crippen LogP contribution is 2.19. The van der Waals surface area contributed by atoms with E-state index in [1.807, 2.05) is 25.3 Å². The first kappa shape index (κ1) is 20.1. The lowest BCUT2D eigenvalue weighted by molar-refractivity contribution is 0.726. The molecule has 0 radical (unpaired) electrons. The van der Waals surface area contributed by atoms with Crippen molar-refractivity contribution in [2.75, 3.05) is 23.3 Å². The average molecular weight is 405 g/mol. The summed E-state index contributed by atoms with van der Waals surface area (Å²) in [6, 6.07) is 8.03. The van der Waals surface area contributed by atoms with Gasteiger partial charge in [-0.2, -0.15) is 0 Å². The number of aryl methyl sites for hydroxylation is 1. The molecule has 0 amide bonds. The molecular formula is C23H28N6O. The van der Waals surface area contributed by atoms with Crippen LogP contribution in [0.2, 0.25) is 0 Å². The van der Waals surface area contributed by atoms with Gasteiger partial charge in [-0.1, -0.05) is 18.9 Å². The van der Waals surface area contributed by atoms with Crippen LogP contribution in [-0.2, 0) is 6.54 Å². The Hall–Kier alpha value is -3.22. The van der Waals surface area contributed by atoms with E-state index in [1.165, 1.54) is 25.7 Å². The Bertz CT molecular complexity index is 1030. The Labute approximate surface area is 176 Å². The normalized spacial score (nSPS) is 14.4. The van der Waals surface area contributed by atoms with Crippen LogP contribution in [0, 0.1) is 13.8 Å². The van der Waals surface area contributed by atoms with Crippen molar-refractivity contribution >= 4 is 11.6 Å². The zero-order chi connectivity index (χ0) is 20.9. The van der Waals surface area contributed by atoms with Crippen LogP contribution < -0.4 is 15.8 Å². The summed E-state index contributed by atoms with van der Waals surface area (Å²) in [6.07, 6.45) is 8.79. The van der Waals surface area contributed by atoms with Gasteiger partial charge in [0.05, 0.1) is 0 Å². The van der Waals surface area contributed by atoms with Crippen LogP contribution in [0.5, 0.6) is 0 Å². The van der Waals surface area contributed by atoms with Crippen molar-refractivity contribution in [2.45, 2.75) is 46.1 Å². The molecule has 7 nitrogen and oxygen atoms in total. The molecule has 4 heterocycles. The molecule has 4 rings (SSSR count). The third-order valence-corrected chi connectivity index (χ3v) is 5.64. The Balaban J connectivity index is 1.38. The number of H-pyrrole nitrogens is 1. The number of anilines is 2. The summed E-state index contributed by atoms with van der Waals surface area (Å²) >= 11 is 0. The van der Waals surface area contributed by atoms with Crippen LogP contribution >= 0.6 is 0 Å². The zero-order valence-corrected chi connectivity index (χ0v) is 17.6. The summed E-state index contributed by atoms with van der Waals surface area (Å²) < 4.78 is 0. The average Bonchev–Trinajstić information content (AvgIpc) is 3.06. The number of nitrogens with zero attached hydrogens (tertiary/aromatic N) is 4. The van der Waals surface area contributed by atoms with E-state index in [4.69, 9.17) is 0 Å². The van der Waals surface area contributed by atoms with Gasteiger partial charge in [-0.05, 0) is 50.5 Å². The molecule has 156 valence electrons. The molecule has 3 aromatic rings. The van der Waals surface area contributed by atoms with E-state index in [0.717, 1.165) is 41.5 Å². The van der Waals surface area contributed by atoms with Gasteiger partial charge in [-0.25, -0.2) is 15.0 Å². The lowest BCUT2D eigenvalue weighted by atomic mass is 10.2. The van der Waals surface area contributed by atoms with Gasteiger partial charge in [-0.15, -0.1) is 0 Å². The van der Waals surface area contributed by atoms with Crippen LogP contribution in [0.3, 0.4) is 0 Å². The zero-order valence-electron chi connectivity index (χ0n) is 17.6. The van der Waals surface area contributed by atoms with E-state index in [-0.39, 0.29) is 5.56 Å². The lowest BCUT2D eigenvalue weighted by Crippen LogP contribution is -2.24. The highest BCUT2D eigenvalue weighted by atomic mass is 16.1. The number of aromatic nitrogens is 4.